The fourth-order valence-corrected chi connectivity index (χ4v) is 2.33. The molecular weight excluding hydrogens is 269 g/mol. The molecular formula is C14H17F3N2O. The van der Waals surface area contributed by atoms with Crippen LogP contribution in [0.2, 0.25) is 0 Å². The average molecular weight is 286 g/mol. The van der Waals surface area contributed by atoms with Crippen LogP contribution in [0.25, 0.3) is 0 Å². The lowest BCUT2D eigenvalue weighted by Gasteiger charge is -2.17. The molecule has 0 radical (unpaired) electrons. The average Bonchev–Trinajstić information content (AvgIpc) is 2.77. The topological polar surface area (TPSA) is 41.1 Å². The van der Waals surface area contributed by atoms with Gasteiger partial charge in [-0.25, -0.2) is 0 Å². The van der Waals surface area contributed by atoms with E-state index in [1.54, 1.807) is 6.92 Å². The zero-order chi connectivity index (χ0) is 14.9. The second-order valence-electron chi connectivity index (χ2n) is 5.21. The number of carbonyl (C=O) groups excluding carboxylic acids is 1. The molecule has 2 atom stereocenters. The fraction of sp³-hybridized carbons (Fsp3) is 0.500. The van der Waals surface area contributed by atoms with E-state index in [4.69, 9.17) is 0 Å². The molecule has 0 spiro atoms. The largest absolute Gasteiger partial charge is 0.416 e. The van der Waals surface area contributed by atoms with Crippen LogP contribution in [0.5, 0.6) is 0 Å². The van der Waals surface area contributed by atoms with Crippen LogP contribution in [0.15, 0.2) is 18.2 Å². The van der Waals surface area contributed by atoms with Crippen LogP contribution in [0.3, 0.4) is 0 Å². The summed E-state index contributed by atoms with van der Waals surface area (Å²) in [6.07, 6.45) is -3.52. The van der Waals surface area contributed by atoms with Gasteiger partial charge in [0.1, 0.15) is 0 Å². The van der Waals surface area contributed by atoms with Gasteiger partial charge in [-0.1, -0.05) is 13.0 Å². The van der Waals surface area contributed by atoms with E-state index in [2.05, 4.69) is 10.6 Å². The first-order valence-corrected chi connectivity index (χ1v) is 6.51. The fourth-order valence-electron chi connectivity index (χ4n) is 2.33. The molecule has 0 aromatic heterocycles. The van der Waals surface area contributed by atoms with Gasteiger partial charge in [0.05, 0.1) is 11.6 Å². The molecule has 0 saturated carbocycles. The van der Waals surface area contributed by atoms with Gasteiger partial charge in [-0.05, 0) is 43.5 Å². The maximum atomic E-state index is 12.7. The highest BCUT2D eigenvalue weighted by Crippen LogP contribution is 2.32. The summed E-state index contributed by atoms with van der Waals surface area (Å²) >= 11 is 0. The van der Waals surface area contributed by atoms with Gasteiger partial charge in [0.15, 0.2) is 0 Å². The van der Waals surface area contributed by atoms with Crippen LogP contribution in [0, 0.1) is 12.8 Å². The molecule has 2 unspecified atom stereocenters. The van der Waals surface area contributed by atoms with Crippen molar-refractivity contribution in [2.75, 3.05) is 11.9 Å². The minimum Gasteiger partial charge on any atom is -0.324 e. The molecule has 6 heteroatoms. The number of alkyl halides is 3. The van der Waals surface area contributed by atoms with Gasteiger partial charge in [0.25, 0.3) is 0 Å². The van der Waals surface area contributed by atoms with E-state index in [1.807, 2.05) is 6.92 Å². The van der Waals surface area contributed by atoms with Crippen molar-refractivity contribution < 1.29 is 18.0 Å². The van der Waals surface area contributed by atoms with Gasteiger partial charge in [-0.15, -0.1) is 0 Å². The molecule has 1 aromatic carbocycles. The van der Waals surface area contributed by atoms with Crippen molar-refractivity contribution in [2.45, 2.75) is 32.5 Å². The van der Waals surface area contributed by atoms with E-state index in [0.717, 1.165) is 25.1 Å². The van der Waals surface area contributed by atoms with Gasteiger partial charge in [-0.2, -0.15) is 13.2 Å². The molecule has 3 nitrogen and oxygen atoms in total. The maximum Gasteiger partial charge on any atom is 0.416 e. The molecule has 1 heterocycles. The molecule has 2 N–H and O–H groups in total. The van der Waals surface area contributed by atoms with Crippen molar-refractivity contribution in [3.8, 4) is 0 Å². The summed E-state index contributed by atoms with van der Waals surface area (Å²) in [5.74, 6) is -0.0986. The van der Waals surface area contributed by atoms with Crippen molar-refractivity contribution in [2.24, 2.45) is 5.92 Å². The van der Waals surface area contributed by atoms with E-state index in [1.165, 1.54) is 6.07 Å². The highest BCUT2D eigenvalue weighted by molar-refractivity contribution is 5.96. The zero-order valence-corrected chi connectivity index (χ0v) is 11.3. The summed E-state index contributed by atoms with van der Waals surface area (Å²) < 4.78 is 38.0. The van der Waals surface area contributed by atoms with Gasteiger partial charge >= 0.3 is 6.18 Å². The van der Waals surface area contributed by atoms with Crippen LogP contribution >= 0.6 is 0 Å². The molecule has 110 valence electrons. The van der Waals surface area contributed by atoms with E-state index in [0.29, 0.717) is 5.56 Å². The summed E-state index contributed by atoms with van der Waals surface area (Å²) in [6, 6.07) is 3.02. The van der Waals surface area contributed by atoms with Gasteiger partial charge < -0.3 is 10.6 Å². The normalized spacial score (nSPS) is 22.9. The summed E-state index contributed by atoms with van der Waals surface area (Å²) in [7, 11) is 0. The zero-order valence-electron chi connectivity index (χ0n) is 11.3. The lowest BCUT2D eigenvalue weighted by molar-refractivity contribution is -0.137. The van der Waals surface area contributed by atoms with Crippen LogP contribution in [-0.2, 0) is 11.0 Å². The van der Waals surface area contributed by atoms with Gasteiger partial charge in [-0.3, -0.25) is 4.79 Å². The highest BCUT2D eigenvalue weighted by Gasteiger charge is 2.32. The molecule has 1 fully saturated rings. The molecule has 0 bridgehead atoms. The van der Waals surface area contributed by atoms with Gasteiger partial charge in [0, 0.05) is 5.69 Å². The second-order valence-corrected chi connectivity index (χ2v) is 5.21. The second kappa shape index (κ2) is 5.44. The van der Waals surface area contributed by atoms with Crippen LogP contribution in [0.4, 0.5) is 18.9 Å². The predicted octanol–water partition coefficient (Wildman–Crippen LogP) is 2.95. The van der Waals surface area contributed by atoms with Crippen molar-refractivity contribution in [1.82, 2.24) is 5.32 Å². The standard InChI is InChI=1S/C14H17F3N2O/c1-8-3-4-10(14(15,16)17)7-11(8)19-13(20)12-9(2)5-6-18-12/h3-4,7,9,12,18H,5-6H2,1-2H3,(H,19,20). The lowest BCUT2D eigenvalue weighted by Crippen LogP contribution is -2.39. The molecule has 20 heavy (non-hydrogen) atoms. The first-order chi connectivity index (χ1) is 9.29. The number of anilines is 1. The molecule has 0 aliphatic carbocycles. The molecule has 2 rings (SSSR count). The Morgan fingerprint density at radius 1 is 1.40 bits per heavy atom. The Morgan fingerprint density at radius 3 is 2.65 bits per heavy atom. The number of nitrogens with one attached hydrogen (secondary N) is 2. The molecule has 1 aromatic rings. The third-order valence-corrected chi connectivity index (χ3v) is 3.64. The van der Waals surface area contributed by atoms with Crippen molar-refractivity contribution in [3.63, 3.8) is 0 Å². The summed E-state index contributed by atoms with van der Waals surface area (Å²) in [5.41, 5.74) is 0.0635. The first kappa shape index (κ1) is 14.8. The number of halogens is 3. The third-order valence-electron chi connectivity index (χ3n) is 3.64. The maximum absolute atomic E-state index is 12.7. The predicted molar refractivity (Wildman–Crippen MR) is 70.4 cm³/mol. The summed E-state index contributed by atoms with van der Waals surface area (Å²) in [6.45, 7) is 4.37. The number of hydrogen-bond donors (Lipinski definition) is 2. The molecule has 1 aliphatic heterocycles. The lowest BCUT2D eigenvalue weighted by atomic mass is 10.0. The number of aryl methyl sites for hydroxylation is 1. The Bertz CT molecular complexity index is 514. The quantitative estimate of drug-likeness (QED) is 0.877. The minimum atomic E-state index is -4.41. The Kier molecular flexibility index (Phi) is 4.04. The smallest absolute Gasteiger partial charge is 0.324 e. The Labute approximate surface area is 115 Å². The molecule has 1 saturated heterocycles. The number of hydrogen-bond acceptors (Lipinski definition) is 2. The SMILES string of the molecule is Cc1ccc(C(F)(F)F)cc1NC(=O)C1NCCC1C. The van der Waals surface area contributed by atoms with E-state index in [9.17, 15) is 18.0 Å². The van der Waals surface area contributed by atoms with E-state index in [-0.39, 0.29) is 23.6 Å². The van der Waals surface area contributed by atoms with Crippen molar-refractivity contribution >= 4 is 11.6 Å². The summed E-state index contributed by atoms with van der Waals surface area (Å²) in [5, 5.41) is 5.65. The van der Waals surface area contributed by atoms with Gasteiger partial charge in [0.2, 0.25) is 5.91 Å². The molecule has 1 aliphatic rings. The van der Waals surface area contributed by atoms with Crippen LogP contribution in [-0.4, -0.2) is 18.5 Å². The highest BCUT2D eigenvalue weighted by atomic mass is 19.4. The monoisotopic (exact) mass is 286 g/mol. The van der Waals surface area contributed by atoms with Crippen molar-refractivity contribution in [1.29, 1.82) is 0 Å². The third kappa shape index (κ3) is 3.12. The van der Waals surface area contributed by atoms with E-state index < -0.39 is 11.7 Å². The number of carbonyl (C=O) groups is 1. The van der Waals surface area contributed by atoms with Crippen molar-refractivity contribution in [3.05, 3.63) is 29.3 Å². The van der Waals surface area contributed by atoms with E-state index >= 15 is 0 Å². The Hall–Kier alpha value is -1.56. The van der Waals surface area contributed by atoms with Crippen LogP contribution in [0.1, 0.15) is 24.5 Å². The number of amides is 1. The summed E-state index contributed by atoms with van der Waals surface area (Å²) in [4.78, 5) is 12.1. The molecule has 1 amide bonds. The Morgan fingerprint density at radius 2 is 2.10 bits per heavy atom. The first-order valence-electron chi connectivity index (χ1n) is 6.51. The number of rotatable bonds is 2. The number of benzene rings is 1. The Balaban J connectivity index is 2.18. The minimum absolute atomic E-state index is 0.182. The van der Waals surface area contributed by atoms with Crippen LogP contribution < -0.4 is 10.6 Å².